The number of hydrogen-bond donors (Lipinski definition) is 2. The summed E-state index contributed by atoms with van der Waals surface area (Å²) in [5, 5.41) is 2.72. The van der Waals surface area contributed by atoms with Crippen LogP contribution in [-0.4, -0.2) is 82.6 Å². The lowest BCUT2D eigenvalue weighted by molar-refractivity contribution is -0.116. The number of ether oxygens (including phenoxy) is 1. The van der Waals surface area contributed by atoms with Gasteiger partial charge in [0.15, 0.2) is 43.1 Å². The number of furan rings is 1. The Kier molecular flexibility index (Phi) is 10.9. The van der Waals surface area contributed by atoms with Gasteiger partial charge in [-0.15, -0.1) is 0 Å². The number of fused-ring (bicyclic) bond motifs is 2. The van der Waals surface area contributed by atoms with Crippen molar-refractivity contribution < 1.29 is 32.3 Å². The van der Waals surface area contributed by atoms with Crippen LogP contribution in [0.4, 0.5) is 11.5 Å². The molecule has 0 aliphatic carbocycles. The molecule has 2 aliphatic rings. The molecule has 4 aromatic rings. The molecular formula is C31H44N7O7PSSi. The number of rotatable bonds is 8. The number of pyridine rings is 1. The summed E-state index contributed by atoms with van der Waals surface area (Å²) < 4.78 is 32.3. The fourth-order valence-corrected chi connectivity index (χ4v) is 7.78. The van der Waals surface area contributed by atoms with E-state index in [2.05, 4.69) is 54.1 Å². The maximum atomic E-state index is 12.4. The van der Waals surface area contributed by atoms with Gasteiger partial charge < -0.3 is 33.2 Å². The second-order valence-corrected chi connectivity index (χ2v) is 20.9. The molecule has 6 rings (SSSR count). The van der Waals surface area contributed by atoms with Crippen molar-refractivity contribution in [2.24, 2.45) is 0 Å². The topological polar surface area (TPSA) is 159 Å². The molecule has 1 unspecified atom stereocenters. The van der Waals surface area contributed by atoms with Crippen molar-refractivity contribution in [1.82, 2.24) is 24.5 Å². The van der Waals surface area contributed by atoms with Crippen LogP contribution in [0.25, 0.3) is 22.7 Å². The van der Waals surface area contributed by atoms with Crippen LogP contribution in [-0.2, 0) is 34.8 Å². The van der Waals surface area contributed by atoms with Crippen molar-refractivity contribution in [2.75, 3.05) is 30.9 Å². The van der Waals surface area contributed by atoms with E-state index in [1.54, 1.807) is 35.4 Å². The summed E-state index contributed by atoms with van der Waals surface area (Å²) in [6.45, 7) is 9.21. The van der Waals surface area contributed by atoms with Crippen molar-refractivity contribution in [1.29, 1.82) is 0 Å². The number of imidazole rings is 1. The Hall–Kier alpha value is -3.08. The number of carbonyl (C=O) groups excluding carboxylic acids is 1. The SMILES string of the molecule is CCCC(=O)Nc1ncnc2c1nc(-c1ccco1)n2[C@@H]1O[C@@H]2COP(O)(=S)O[C@H]2[C@H]1O[Si](C)(C)C(C)(C)C.CN(C)c1ccncc1. The van der Waals surface area contributed by atoms with Crippen LogP contribution >= 0.6 is 6.72 Å². The first kappa shape index (κ1) is 36.2. The largest absolute Gasteiger partial charge is 0.461 e. The van der Waals surface area contributed by atoms with Crippen molar-refractivity contribution >= 4 is 55.4 Å². The minimum absolute atomic E-state index is 0.0579. The van der Waals surface area contributed by atoms with Crippen molar-refractivity contribution in [2.45, 2.75) is 83.2 Å². The van der Waals surface area contributed by atoms with Crippen LogP contribution in [0.15, 0.2) is 53.7 Å². The molecule has 14 nitrogen and oxygen atoms in total. The monoisotopic (exact) mass is 717 g/mol. The average molecular weight is 718 g/mol. The predicted molar refractivity (Wildman–Crippen MR) is 188 cm³/mol. The highest BCUT2D eigenvalue weighted by molar-refractivity contribution is 8.07. The van der Waals surface area contributed by atoms with Crippen LogP contribution in [0.3, 0.4) is 0 Å². The first-order valence-electron chi connectivity index (χ1n) is 15.7. The van der Waals surface area contributed by atoms with Gasteiger partial charge in [0, 0.05) is 38.6 Å². The zero-order valence-electron chi connectivity index (χ0n) is 28.5. The second kappa shape index (κ2) is 14.4. The fourth-order valence-electron chi connectivity index (χ4n) is 5.06. The lowest BCUT2D eigenvalue weighted by Crippen LogP contribution is -2.50. The van der Waals surface area contributed by atoms with Crippen molar-refractivity contribution in [3.8, 4) is 11.6 Å². The van der Waals surface area contributed by atoms with Gasteiger partial charge in [-0.3, -0.25) is 18.9 Å². The normalized spacial score (nSPS) is 24.1. The molecule has 48 heavy (non-hydrogen) atoms. The van der Waals surface area contributed by atoms with E-state index in [-0.39, 0.29) is 23.4 Å². The summed E-state index contributed by atoms with van der Waals surface area (Å²) in [6.07, 6.45) is 4.83. The first-order valence-corrected chi connectivity index (χ1v) is 21.2. The molecule has 0 spiro atoms. The second-order valence-electron chi connectivity index (χ2n) is 13.3. The third kappa shape index (κ3) is 7.86. The van der Waals surface area contributed by atoms with Gasteiger partial charge in [-0.2, -0.15) is 0 Å². The lowest BCUT2D eigenvalue weighted by Gasteiger charge is -2.41. The Morgan fingerprint density at radius 1 is 1.23 bits per heavy atom. The Bertz CT molecular complexity index is 1750. The molecular weight excluding hydrogens is 674 g/mol. The molecule has 2 aliphatic heterocycles. The zero-order valence-corrected chi connectivity index (χ0v) is 31.2. The van der Waals surface area contributed by atoms with E-state index in [0.29, 0.717) is 35.6 Å². The van der Waals surface area contributed by atoms with Gasteiger partial charge in [-0.25, -0.2) is 15.0 Å². The first-order chi connectivity index (χ1) is 22.6. The number of anilines is 2. The van der Waals surface area contributed by atoms with Gasteiger partial charge in [0.2, 0.25) is 5.91 Å². The summed E-state index contributed by atoms with van der Waals surface area (Å²) in [5.74, 6) is 0.993. The van der Waals surface area contributed by atoms with Crippen LogP contribution in [0.5, 0.6) is 0 Å². The number of nitrogens with zero attached hydrogens (tertiary/aromatic N) is 6. The van der Waals surface area contributed by atoms with E-state index in [1.165, 1.54) is 12.0 Å². The van der Waals surface area contributed by atoms with E-state index in [4.69, 9.17) is 39.4 Å². The molecule has 5 atom stereocenters. The molecule has 2 N–H and O–H groups in total. The lowest BCUT2D eigenvalue weighted by atomic mass is 10.1. The quantitative estimate of drug-likeness (QED) is 0.164. The van der Waals surface area contributed by atoms with E-state index in [0.717, 1.165) is 0 Å². The van der Waals surface area contributed by atoms with E-state index in [1.807, 2.05) is 38.1 Å². The smallest absolute Gasteiger partial charge is 0.325 e. The Labute approximate surface area is 286 Å². The maximum absolute atomic E-state index is 12.4. The number of amides is 1. The number of nitrogens with one attached hydrogen (secondary N) is 1. The van der Waals surface area contributed by atoms with Gasteiger partial charge in [-0.1, -0.05) is 27.7 Å². The number of aromatic nitrogens is 5. The standard InChI is InChI=1S/C24H34N5O7PSSi.C7H10N2/c1-7-9-16(30)27-20-17-22(26-13-25-20)29(21(28-17)14-10-8-11-32-14)23-19(36-39(5,6)24(2,3)4)18-15(34-23)12-33-37(31,38)35-18;1-9(2)7-3-5-8-6-4-7/h8,10-11,13,15,18-19,23H,7,9,12H2,1-6H3,(H,31,38)(H,25,26,27,30);3-6H,1-2H3/t15-,18-,19-,23-,37?;/m1./s1. The van der Waals surface area contributed by atoms with Crippen LogP contribution in [0.2, 0.25) is 18.1 Å². The fraction of sp³-hybridized carbons (Fsp3) is 0.516. The summed E-state index contributed by atoms with van der Waals surface area (Å²) >= 11 is 5.20. The summed E-state index contributed by atoms with van der Waals surface area (Å²) in [6, 6.07) is 7.48. The predicted octanol–water partition coefficient (Wildman–Crippen LogP) is 5.89. The molecule has 2 fully saturated rings. The van der Waals surface area contributed by atoms with Gasteiger partial charge in [-0.05, 0) is 60.6 Å². The maximum Gasteiger partial charge on any atom is 0.325 e. The number of hydrogen-bond acceptors (Lipinski definition) is 12. The van der Waals surface area contributed by atoms with E-state index < -0.39 is 39.6 Å². The van der Waals surface area contributed by atoms with Gasteiger partial charge in [0.25, 0.3) is 0 Å². The molecule has 260 valence electrons. The van der Waals surface area contributed by atoms with Crippen LogP contribution in [0.1, 0.15) is 46.8 Å². The minimum Gasteiger partial charge on any atom is -0.461 e. The van der Waals surface area contributed by atoms with Gasteiger partial charge in [0.1, 0.15) is 24.6 Å². The molecule has 1 amide bonds. The summed E-state index contributed by atoms with van der Waals surface area (Å²) in [4.78, 5) is 42.6. The molecule has 4 aromatic heterocycles. The Morgan fingerprint density at radius 3 is 2.56 bits per heavy atom. The van der Waals surface area contributed by atoms with Gasteiger partial charge >= 0.3 is 6.72 Å². The molecule has 2 saturated heterocycles. The third-order valence-electron chi connectivity index (χ3n) is 8.57. The highest BCUT2D eigenvalue weighted by Crippen LogP contribution is 2.55. The van der Waals surface area contributed by atoms with Crippen LogP contribution < -0.4 is 10.2 Å². The van der Waals surface area contributed by atoms with Crippen LogP contribution in [0, 0.1) is 0 Å². The molecule has 0 aromatic carbocycles. The van der Waals surface area contributed by atoms with E-state index in [9.17, 15) is 9.69 Å². The van der Waals surface area contributed by atoms with Gasteiger partial charge in [0.05, 0.1) is 12.9 Å². The third-order valence-corrected chi connectivity index (χ3v) is 14.6. The van der Waals surface area contributed by atoms with E-state index >= 15 is 0 Å². The molecule has 0 radical (unpaired) electrons. The zero-order chi connectivity index (χ0) is 34.9. The highest BCUT2D eigenvalue weighted by atomic mass is 32.5. The summed E-state index contributed by atoms with van der Waals surface area (Å²) in [7, 11) is 1.63. The molecule has 17 heteroatoms. The molecule has 6 heterocycles. The van der Waals surface area contributed by atoms with Crippen molar-refractivity contribution in [3.05, 3.63) is 49.2 Å². The minimum atomic E-state index is -3.47. The Balaban J connectivity index is 0.000000434. The summed E-state index contributed by atoms with van der Waals surface area (Å²) in [5.41, 5.74) is 1.98. The average Bonchev–Trinajstić information content (AvgIpc) is 3.75. The molecule has 0 saturated carbocycles. The Morgan fingerprint density at radius 2 is 1.96 bits per heavy atom. The van der Waals surface area contributed by atoms with Crippen molar-refractivity contribution in [3.63, 3.8) is 0 Å². The molecule has 0 bridgehead atoms. The highest BCUT2D eigenvalue weighted by Gasteiger charge is 2.56. The number of carbonyl (C=O) groups is 1.